The van der Waals surface area contributed by atoms with Crippen LogP contribution >= 0.6 is 0 Å². The zero-order valence-electron chi connectivity index (χ0n) is 20.0. The lowest BCUT2D eigenvalue weighted by Crippen LogP contribution is -2.49. The first-order chi connectivity index (χ1) is 14.5. The fourth-order valence-electron chi connectivity index (χ4n) is 3.15. The van der Waals surface area contributed by atoms with Crippen LogP contribution in [0.1, 0.15) is 77.2 Å². The van der Waals surface area contributed by atoms with Gasteiger partial charge in [-0.05, 0) is 66.5 Å². The molecule has 0 aromatic heterocycles. The van der Waals surface area contributed by atoms with Crippen LogP contribution in [0.2, 0.25) is 0 Å². The molecule has 0 saturated carbocycles. The molecular formula is C23H34BN2O6. The lowest BCUT2D eigenvalue weighted by atomic mass is 9.81. The van der Waals surface area contributed by atoms with Gasteiger partial charge in [0.1, 0.15) is 11.6 Å². The van der Waals surface area contributed by atoms with Gasteiger partial charge in [-0.15, -0.1) is 0 Å². The van der Waals surface area contributed by atoms with Crippen molar-refractivity contribution in [2.75, 3.05) is 0 Å². The highest BCUT2D eigenvalue weighted by Crippen LogP contribution is 2.27. The number of ether oxygens (including phenoxy) is 1. The minimum atomic E-state index is -1.06. The standard InChI is InChI=1S/C23H34BN2O6/c1-21(2,3)31-18(27)11-10-17(19(25)28)26-13-14-12-15(8-9-16(14)20(26)29)24-32-23(6,7)22(4,5)30/h8-9,12,17,30H,10-11,13H2,1-7H3,(H2,25,28). The van der Waals surface area contributed by atoms with E-state index in [-0.39, 0.29) is 25.3 Å². The van der Waals surface area contributed by atoms with Crippen molar-refractivity contribution in [3.8, 4) is 0 Å². The van der Waals surface area contributed by atoms with Crippen molar-refractivity contribution in [2.45, 2.75) is 90.7 Å². The summed E-state index contributed by atoms with van der Waals surface area (Å²) < 4.78 is 11.1. The van der Waals surface area contributed by atoms with Gasteiger partial charge in [-0.2, -0.15) is 0 Å². The SMILES string of the molecule is CC(C)(C)OC(=O)CCC(C(N)=O)N1Cc2cc([B]OC(C)(C)C(C)(C)O)ccc2C1=O. The van der Waals surface area contributed by atoms with E-state index in [0.29, 0.717) is 5.56 Å². The Morgan fingerprint density at radius 1 is 1.19 bits per heavy atom. The molecule has 1 aliphatic rings. The van der Waals surface area contributed by atoms with Crippen LogP contribution in [-0.4, -0.2) is 58.1 Å². The van der Waals surface area contributed by atoms with Crippen LogP contribution in [0.25, 0.3) is 0 Å². The molecule has 32 heavy (non-hydrogen) atoms. The number of hydrogen-bond acceptors (Lipinski definition) is 6. The van der Waals surface area contributed by atoms with Crippen LogP contribution in [0.4, 0.5) is 0 Å². The number of nitrogens with two attached hydrogens (primary N) is 1. The van der Waals surface area contributed by atoms with Crippen LogP contribution < -0.4 is 11.2 Å². The molecule has 175 valence electrons. The number of fused-ring (bicyclic) bond motifs is 1. The van der Waals surface area contributed by atoms with Gasteiger partial charge in [-0.1, -0.05) is 17.6 Å². The van der Waals surface area contributed by atoms with E-state index in [0.717, 1.165) is 11.0 Å². The third kappa shape index (κ3) is 6.32. The number of carbonyl (C=O) groups excluding carboxylic acids is 3. The molecule has 1 aliphatic heterocycles. The summed E-state index contributed by atoms with van der Waals surface area (Å²) in [6, 6.07) is 4.30. The maximum atomic E-state index is 12.9. The number of amides is 2. The van der Waals surface area contributed by atoms with Crippen molar-refractivity contribution < 1.29 is 28.9 Å². The topological polar surface area (TPSA) is 119 Å². The van der Waals surface area contributed by atoms with Gasteiger partial charge >= 0.3 is 13.5 Å². The minimum Gasteiger partial charge on any atom is -0.460 e. The Balaban J connectivity index is 2.10. The van der Waals surface area contributed by atoms with Crippen molar-refractivity contribution >= 4 is 30.7 Å². The summed E-state index contributed by atoms with van der Waals surface area (Å²) in [6.45, 7) is 12.4. The molecule has 0 fully saturated rings. The summed E-state index contributed by atoms with van der Waals surface area (Å²) in [4.78, 5) is 38.4. The monoisotopic (exact) mass is 445 g/mol. The first kappa shape index (κ1) is 25.9. The van der Waals surface area contributed by atoms with Crippen LogP contribution in [0.15, 0.2) is 18.2 Å². The summed E-state index contributed by atoms with van der Waals surface area (Å²) in [5, 5.41) is 10.2. The first-order valence-corrected chi connectivity index (χ1v) is 10.7. The van der Waals surface area contributed by atoms with Gasteiger partial charge in [0.2, 0.25) is 5.91 Å². The molecule has 1 radical (unpaired) electrons. The Kier molecular flexibility index (Phi) is 7.46. The molecule has 0 bridgehead atoms. The molecular weight excluding hydrogens is 411 g/mol. The Morgan fingerprint density at radius 2 is 1.81 bits per heavy atom. The average Bonchev–Trinajstić information content (AvgIpc) is 2.93. The predicted octanol–water partition coefficient (Wildman–Crippen LogP) is 1.43. The second kappa shape index (κ2) is 9.23. The third-order valence-electron chi connectivity index (χ3n) is 5.67. The van der Waals surface area contributed by atoms with E-state index in [9.17, 15) is 19.5 Å². The molecule has 3 N–H and O–H groups in total. The van der Waals surface area contributed by atoms with Gasteiger partial charge in [0.25, 0.3) is 5.91 Å². The summed E-state index contributed by atoms with van der Waals surface area (Å²) in [5.41, 5.74) is 4.98. The number of carbonyl (C=O) groups is 3. The van der Waals surface area contributed by atoms with E-state index in [1.54, 1.807) is 74.1 Å². The lowest BCUT2D eigenvalue weighted by molar-refractivity contribution is -0.155. The highest BCUT2D eigenvalue weighted by Gasteiger charge is 2.37. The Hall–Kier alpha value is -2.39. The summed E-state index contributed by atoms with van der Waals surface area (Å²) in [5.74, 6) is -1.43. The normalized spacial score (nSPS) is 15.4. The highest BCUT2D eigenvalue weighted by atomic mass is 16.6. The molecule has 1 unspecified atom stereocenters. The van der Waals surface area contributed by atoms with Crippen LogP contribution in [0.5, 0.6) is 0 Å². The molecule has 8 nitrogen and oxygen atoms in total. The molecule has 1 atom stereocenters. The number of esters is 1. The maximum absolute atomic E-state index is 12.9. The average molecular weight is 445 g/mol. The fraction of sp³-hybridized carbons (Fsp3) is 0.609. The molecule has 0 saturated heterocycles. The molecule has 1 aromatic carbocycles. The molecule has 0 aliphatic carbocycles. The van der Waals surface area contributed by atoms with Crippen molar-refractivity contribution in [3.05, 3.63) is 29.3 Å². The Labute approximate surface area is 190 Å². The molecule has 2 amide bonds. The van der Waals surface area contributed by atoms with E-state index < -0.39 is 34.7 Å². The van der Waals surface area contributed by atoms with Crippen molar-refractivity contribution in [1.29, 1.82) is 0 Å². The van der Waals surface area contributed by atoms with Gasteiger partial charge in [-0.3, -0.25) is 14.4 Å². The minimum absolute atomic E-state index is 0.0239. The van der Waals surface area contributed by atoms with Crippen LogP contribution in [0.3, 0.4) is 0 Å². The Morgan fingerprint density at radius 3 is 2.34 bits per heavy atom. The highest BCUT2D eigenvalue weighted by molar-refractivity contribution is 6.47. The zero-order valence-corrected chi connectivity index (χ0v) is 20.0. The van der Waals surface area contributed by atoms with Gasteiger partial charge in [-0.25, -0.2) is 0 Å². The predicted molar refractivity (Wildman–Crippen MR) is 121 cm³/mol. The van der Waals surface area contributed by atoms with Crippen molar-refractivity contribution in [2.24, 2.45) is 5.73 Å². The lowest BCUT2D eigenvalue weighted by Gasteiger charge is -2.37. The quantitative estimate of drug-likeness (QED) is 0.439. The van der Waals surface area contributed by atoms with Gasteiger partial charge in [0, 0.05) is 18.5 Å². The zero-order chi connectivity index (χ0) is 24.5. The first-order valence-electron chi connectivity index (χ1n) is 10.7. The smallest absolute Gasteiger partial charge is 0.330 e. The van der Waals surface area contributed by atoms with E-state index in [4.69, 9.17) is 15.1 Å². The second-order valence-corrected chi connectivity index (χ2v) is 10.2. The largest absolute Gasteiger partial charge is 0.460 e. The molecule has 9 heteroatoms. The molecule has 1 aromatic rings. The van der Waals surface area contributed by atoms with Gasteiger partial charge < -0.3 is 25.1 Å². The molecule has 1 heterocycles. The number of nitrogens with zero attached hydrogens (tertiary/aromatic N) is 1. The van der Waals surface area contributed by atoms with Crippen LogP contribution in [0, 0.1) is 0 Å². The molecule has 0 spiro atoms. The van der Waals surface area contributed by atoms with E-state index in [1.165, 1.54) is 4.90 Å². The van der Waals surface area contributed by atoms with E-state index in [2.05, 4.69) is 0 Å². The summed E-state index contributed by atoms with van der Waals surface area (Å²) in [6.07, 6.45) is 0.0652. The third-order valence-corrected chi connectivity index (χ3v) is 5.67. The summed E-state index contributed by atoms with van der Waals surface area (Å²) >= 11 is 0. The summed E-state index contributed by atoms with van der Waals surface area (Å²) in [7, 11) is 1.54. The van der Waals surface area contributed by atoms with Crippen molar-refractivity contribution in [1.82, 2.24) is 4.90 Å². The number of primary amides is 1. The fourth-order valence-corrected chi connectivity index (χ4v) is 3.15. The number of benzene rings is 1. The second-order valence-electron chi connectivity index (χ2n) is 10.2. The van der Waals surface area contributed by atoms with E-state index >= 15 is 0 Å². The number of hydrogen-bond donors (Lipinski definition) is 2. The Bertz CT molecular complexity index is 885. The van der Waals surface area contributed by atoms with E-state index in [1.807, 2.05) is 0 Å². The number of rotatable bonds is 9. The number of aliphatic hydroxyl groups is 1. The van der Waals surface area contributed by atoms with Crippen LogP contribution in [-0.2, 0) is 25.5 Å². The van der Waals surface area contributed by atoms with Crippen molar-refractivity contribution in [3.63, 3.8) is 0 Å². The van der Waals surface area contributed by atoms with Gasteiger partial charge in [0.05, 0.1) is 11.2 Å². The maximum Gasteiger partial charge on any atom is 0.330 e. The molecule has 2 rings (SSSR count). The van der Waals surface area contributed by atoms with Gasteiger partial charge in [0.15, 0.2) is 0 Å².